The van der Waals surface area contributed by atoms with Crippen LogP contribution in [-0.2, 0) is 6.54 Å². The SMILES string of the molecule is CCn1ncc(C#CCCCCN)c1C. The fraction of sp³-hybridized carbons (Fsp3) is 0.583. The van der Waals surface area contributed by atoms with Crippen LogP contribution in [0.1, 0.15) is 37.4 Å². The largest absolute Gasteiger partial charge is 0.330 e. The molecule has 0 atom stereocenters. The summed E-state index contributed by atoms with van der Waals surface area (Å²) in [5, 5.41) is 4.24. The number of hydrogen-bond donors (Lipinski definition) is 1. The maximum absolute atomic E-state index is 5.41. The quantitative estimate of drug-likeness (QED) is 0.600. The molecule has 1 heterocycles. The summed E-state index contributed by atoms with van der Waals surface area (Å²) in [5.74, 6) is 6.31. The second kappa shape index (κ2) is 6.26. The minimum Gasteiger partial charge on any atom is -0.330 e. The molecular formula is C12H19N3. The number of aryl methyl sites for hydroxylation is 1. The molecule has 0 saturated carbocycles. The Hall–Kier alpha value is -1.27. The van der Waals surface area contributed by atoms with Crippen LogP contribution < -0.4 is 5.73 Å². The molecule has 0 aromatic carbocycles. The first kappa shape index (κ1) is 11.8. The van der Waals surface area contributed by atoms with Crippen LogP contribution >= 0.6 is 0 Å². The smallest absolute Gasteiger partial charge is 0.0654 e. The Bertz CT molecular complexity index is 355. The molecule has 1 rings (SSSR count). The van der Waals surface area contributed by atoms with Crippen molar-refractivity contribution >= 4 is 0 Å². The highest BCUT2D eigenvalue weighted by Crippen LogP contribution is 2.05. The van der Waals surface area contributed by atoms with Gasteiger partial charge in [-0.2, -0.15) is 5.10 Å². The van der Waals surface area contributed by atoms with Crippen LogP contribution in [0.5, 0.6) is 0 Å². The van der Waals surface area contributed by atoms with Crippen molar-refractivity contribution in [2.75, 3.05) is 6.54 Å². The third-order valence-electron chi connectivity index (χ3n) is 2.38. The van der Waals surface area contributed by atoms with Gasteiger partial charge in [0.25, 0.3) is 0 Å². The lowest BCUT2D eigenvalue weighted by Gasteiger charge is -1.97. The van der Waals surface area contributed by atoms with Crippen molar-refractivity contribution in [3.63, 3.8) is 0 Å². The number of hydrogen-bond acceptors (Lipinski definition) is 2. The molecule has 0 bridgehead atoms. The summed E-state index contributed by atoms with van der Waals surface area (Å²) in [7, 11) is 0. The molecule has 0 unspecified atom stereocenters. The molecule has 0 saturated heterocycles. The summed E-state index contributed by atoms with van der Waals surface area (Å²) in [5.41, 5.74) is 7.61. The van der Waals surface area contributed by atoms with E-state index < -0.39 is 0 Å². The molecule has 15 heavy (non-hydrogen) atoms. The molecule has 0 aliphatic rings. The van der Waals surface area contributed by atoms with Gasteiger partial charge in [-0.1, -0.05) is 11.8 Å². The van der Waals surface area contributed by atoms with E-state index in [0.717, 1.165) is 43.6 Å². The minimum atomic E-state index is 0.758. The van der Waals surface area contributed by atoms with E-state index >= 15 is 0 Å². The first-order valence-electron chi connectivity index (χ1n) is 5.51. The molecule has 3 heteroatoms. The average molecular weight is 205 g/mol. The van der Waals surface area contributed by atoms with Gasteiger partial charge in [-0.3, -0.25) is 4.68 Å². The van der Waals surface area contributed by atoms with E-state index in [-0.39, 0.29) is 0 Å². The third-order valence-corrected chi connectivity index (χ3v) is 2.38. The lowest BCUT2D eigenvalue weighted by atomic mass is 10.2. The van der Waals surface area contributed by atoms with Gasteiger partial charge in [0.1, 0.15) is 0 Å². The number of nitrogens with two attached hydrogens (primary N) is 1. The van der Waals surface area contributed by atoms with Gasteiger partial charge in [0.2, 0.25) is 0 Å². The second-order valence-corrected chi connectivity index (χ2v) is 3.51. The van der Waals surface area contributed by atoms with E-state index in [2.05, 4.69) is 30.8 Å². The zero-order valence-electron chi connectivity index (χ0n) is 9.58. The highest BCUT2D eigenvalue weighted by atomic mass is 15.3. The molecule has 0 amide bonds. The molecule has 1 aromatic heterocycles. The molecule has 1 aromatic rings. The fourth-order valence-electron chi connectivity index (χ4n) is 1.40. The molecule has 0 fully saturated rings. The van der Waals surface area contributed by atoms with E-state index in [0.29, 0.717) is 0 Å². The third kappa shape index (κ3) is 3.41. The molecule has 0 radical (unpaired) electrons. The Balaban J connectivity index is 2.52. The van der Waals surface area contributed by atoms with Crippen LogP contribution in [0.4, 0.5) is 0 Å². The summed E-state index contributed by atoms with van der Waals surface area (Å²) in [6, 6.07) is 0. The number of rotatable bonds is 4. The van der Waals surface area contributed by atoms with Gasteiger partial charge in [-0.15, -0.1) is 0 Å². The van der Waals surface area contributed by atoms with Crippen LogP contribution in [0.15, 0.2) is 6.20 Å². The van der Waals surface area contributed by atoms with Gasteiger partial charge in [0, 0.05) is 13.0 Å². The van der Waals surface area contributed by atoms with Crippen LogP contribution in [0.2, 0.25) is 0 Å². The lowest BCUT2D eigenvalue weighted by molar-refractivity contribution is 0.639. The van der Waals surface area contributed by atoms with Crippen LogP contribution in [-0.4, -0.2) is 16.3 Å². The maximum atomic E-state index is 5.41. The van der Waals surface area contributed by atoms with E-state index in [9.17, 15) is 0 Å². The van der Waals surface area contributed by atoms with Crippen molar-refractivity contribution < 1.29 is 0 Å². The van der Waals surface area contributed by atoms with Gasteiger partial charge in [-0.05, 0) is 33.2 Å². The maximum Gasteiger partial charge on any atom is 0.0654 e. The molecule has 2 N–H and O–H groups in total. The molecular weight excluding hydrogens is 186 g/mol. The van der Waals surface area contributed by atoms with Crippen LogP contribution in [0.3, 0.4) is 0 Å². The average Bonchev–Trinajstić information content (AvgIpc) is 2.60. The van der Waals surface area contributed by atoms with Crippen molar-refractivity contribution in [3.8, 4) is 11.8 Å². The Morgan fingerprint density at radius 3 is 2.87 bits per heavy atom. The predicted molar refractivity (Wildman–Crippen MR) is 62.4 cm³/mol. The summed E-state index contributed by atoms with van der Waals surface area (Å²) < 4.78 is 1.96. The number of nitrogens with zero attached hydrogens (tertiary/aromatic N) is 2. The molecule has 0 aliphatic heterocycles. The van der Waals surface area contributed by atoms with Gasteiger partial charge in [0.15, 0.2) is 0 Å². The van der Waals surface area contributed by atoms with Gasteiger partial charge in [-0.25, -0.2) is 0 Å². The van der Waals surface area contributed by atoms with Gasteiger partial charge < -0.3 is 5.73 Å². The Labute approximate surface area is 91.7 Å². The predicted octanol–water partition coefficient (Wildman–Crippen LogP) is 1.69. The van der Waals surface area contributed by atoms with Crippen molar-refractivity contribution in [1.29, 1.82) is 0 Å². The summed E-state index contributed by atoms with van der Waals surface area (Å²) in [6.07, 6.45) is 4.91. The number of aromatic nitrogens is 2. The highest BCUT2D eigenvalue weighted by Gasteiger charge is 2.00. The molecule has 3 nitrogen and oxygen atoms in total. The van der Waals surface area contributed by atoms with Gasteiger partial charge >= 0.3 is 0 Å². The monoisotopic (exact) mass is 205 g/mol. The van der Waals surface area contributed by atoms with E-state index in [1.807, 2.05) is 10.9 Å². The van der Waals surface area contributed by atoms with E-state index in [1.165, 1.54) is 0 Å². The topological polar surface area (TPSA) is 43.8 Å². The van der Waals surface area contributed by atoms with Crippen molar-refractivity contribution in [3.05, 3.63) is 17.5 Å². The first-order valence-corrected chi connectivity index (χ1v) is 5.51. The summed E-state index contributed by atoms with van der Waals surface area (Å²) in [4.78, 5) is 0. The minimum absolute atomic E-state index is 0.758. The lowest BCUT2D eigenvalue weighted by Crippen LogP contribution is -1.98. The van der Waals surface area contributed by atoms with E-state index in [4.69, 9.17) is 5.73 Å². The zero-order chi connectivity index (χ0) is 11.1. The van der Waals surface area contributed by atoms with Crippen molar-refractivity contribution in [2.24, 2.45) is 5.73 Å². The molecule has 0 aliphatic carbocycles. The zero-order valence-corrected chi connectivity index (χ0v) is 9.58. The van der Waals surface area contributed by atoms with Crippen molar-refractivity contribution in [1.82, 2.24) is 9.78 Å². The Morgan fingerprint density at radius 1 is 1.47 bits per heavy atom. The Morgan fingerprint density at radius 2 is 2.27 bits per heavy atom. The summed E-state index contributed by atoms with van der Waals surface area (Å²) in [6.45, 7) is 5.80. The molecule has 82 valence electrons. The van der Waals surface area contributed by atoms with Gasteiger partial charge in [0.05, 0.1) is 17.5 Å². The van der Waals surface area contributed by atoms with Crippen LogP contribution in [0.25, 0.3) is 0 Å². The van der Waals surface area contributed by atoms with Crippen molar-refractivity contribution in [2.45, 2.75) is 39.7 Å². The summed E-state index contributed by atoms with van der Waals surface area (Å²) >= 11 is 0. The normalized spacial score (nSPS) is 9.80. The van der Waals surface area contributed by atoms with E-state index in [1.54, 1.807) is 0 Å². The van der Waals surface area contributed by atoms with Crippen LogP contribution in [0, 0.1) is 18.8 Å². The molecule has 0 spiro atoms. The second-order valence-electron chi connectivity index (χ2n) is 3.51. The first-order chi connectivity index (χ1) is 7.29. The standard InChI is InChI=1S/C12H19N3/c1-3-15-11(2)12(10-14-15)8-6-4-5-7-9-13/h10H,3-5,7,9,13H2,1-2H3. The fourth-order valence-corrected chi connectivity index (χ4v) is 1.40. The highest BCUT2D eigenvalue weighted by molar-refractivity contribution is 5.35. The Kier molecular flexibility index (Phi) is 4.92. The number of unbranched alkanes of at least 4 members (excludes halogenated alkanes) is 2.